The summed E-state index contributed by atoms with van der Waals surface area (Å²) in [6.07, 6.45) is 1.03. The van der Waals surface area contributed by atoms with Crippen LogP contribution in [-0.2, 0) is 40.2 Å². The summed E-state index contributed by atoms with van der Waals surface area (Å²) in [5.74, 6) is 0.195. The highest BCUT2D eigenvalue weighted by Crippen LogP contribution is 2.46. The third kappa shape index (κ3) is 5.50. The van der Waals surface area contributed by atoms with Crippen LogP contribution in [0.2, 0.25) is 0 Å². The molecule has 4 aromatic carbocycles. The number of aliphatic imine (C=N–C) groups is 4. The minimum Gasteiger partial charge on any atom is -0.282 e. The molecule has 1 unspecified atom stereocenters. The molecule has 4 aliphatic heterocycles. The molecule has 1 atom stereocenters. The first-order valence-corrected chi connectivity index (χ1v) is 23.2. The largest absolute Gasteiger partial charge is 0.294 e. The SMILES string of the molecule is CS(=O)(=O)c1ccc2c3n4c(c2c1)/N=C1N=C(/N=c2/c5ccc(S(=O)(=O)O)cc5/c(n2P4)=N/C2=NC(=N\3)/c3ccc(S(=O)(=O)O)cc32)c2ccc(S(=O)(=O)O)cc2\1. The van der Waals surface area contributed by atoms with E-state index in [0.29, 0.717) is 21.9 Å². The molecule has 0 fully saturated rings. The fourth-order valence-electron chi connectivity index (χ4n) is 6.92. The van der Waals surface area contributed by atoms with Crippen molar-refractivity contribution in [3.05, 3.63) is 106 Å². The minimum absolute atomic E-state index is 0.0227. The minimum atomic E-state index is -4.77. The van der Waals surface area contributed by atoms with Gasteiger partial charge in [0, 0.05) is 50.1 Å². The predicted molar refractivity (Wildman–Crippen MR) is 206 cm³/mol. The molecular formula is C33H19N8O11PS4. The number of benzene rings is 4. The molecule has 24 heteroatoms. The van der Waals surface area contributed by atoms with Crippen LogP contribution in [0, 0.1) is 0 Å². The first kappa shape index (κ1) is 35.7. The van der Waals surface area contributed by atoms with Crippen molar-refractivity contribution in [2.75, 3.05) is 6.26 Å². The number of hydrogen-bond donors (Lipinski definition) is 3. The monoisotopic (exact) mass is 862 g/mol. The Kier molecular flexibility index (Phi) is 7.20. The molecule has 3 N–H and O–H groups in total. The Morgan fingerprint density at radius 3 is 1.42 bits per heavy atom. The molecule has 286 valence electrons. The van der Waals surface area contributed by atoms with Crippen LogP contribution in [0.3, 0.4) is 0 Å². The fourth-order valence-corrected chi connectivity index (χ4v) is 10.4. The van der Waals surface area contributed by atoms with E-state index in [2.05, 4.69) is 9.98 Å². The predicted octanol–water partition coefficient (Wildman–Crippen LogP) is 2.59. The molecule has 0 spiro atoms. The Morgan fingerprint density at radius 1 is 0.439 bits per heavy atom. The number of rotatable bonds is 4. The highest BCUT2D eigenvalue weighted by Gasteiger charge is 2.32. The number of hydrogen-bond acceptors (Lipinski definition) is 14. The Morgan fingerprint density at radius 2 is 0.860 bits per heavy atom. The van der Waals surface area contributed by atoms with Gasteiger partial charge in [-0.2, -0.15) is 25.3 Å². The fraction of sp³-hybridized carbons (Fsp3) is 0.0303. The first-order valence-electron chi connectivity index (χ1n) is 16.1. The second kappa shape index (κ2) is 11.5. The molecule has 0 aliphatic carbocycles. The van der Waals surface area contributed by atoms with E-state index in [1.54, 1.807) is 8.68 Å². The summed E-state index contributed by atoms with van der Waals surface area (Å²) in [5, 5.41) is 1.07. The maximum atomic E-state index is 12.9. The number of aromatic nitrogens is 2. The van der Waals surface area contributed by atoms with Crippen LogP contribution >= 0.6 is 8.88 Å². The van der Waals surface area contributed by atoms with E-state index in [1.165, 1.54) is 48.5 Å². The van der Waals surface area contributed by atoms with Gasteiger partial charge in [0.05, 0.1) is 28.5 Å². The molecule has 0 radical (unpaired) electrons. The molecule has 0 saturated heterocycles. The number of amidine groups is 4. The van der Waals surface area contributed by atoms with E-state index in [1.807, 2.05) is 0 Å². The quantitative estimate of drug-likeness (QED) is 0.171. The van der Waals surface area contributed by atoms with Crippen molar-refractivity contribution in [3.63, 3.8) is 0 Å². The molecule has 10 rings (SSSR count). The van der Waals surface area contributed by atoms with E-state index in [4.69, 9.17) is 20.0 Å². The first-order chi connectivity index (χ1) is 26.7. The molecular weight excluding hydrogens is 844 g/mol. The van der Waals surface area contributed by atoms with Crippen LogP contribution in [0.15, 0.2) is 122 Å². The van der Waals surface area contributed by atoms with E-state index in [-0.39, 0.29) is 72.7 Å². The van der Waals surface area contributed by atoms with Crippen LogP contribution in [-0.4, -0.2) is 85.6 Å². The van der Waals surface area contributed by atoms with Crippen molar-refractivity contribution in [1.29, 1.82) is 0 Å². The van der Waals surface area contributed by atoms with Gasteiger partial charge in [0.1, 0.15) is 22.6 Å². The maximum absolute atomic E-state index is 12.9. The van der Waals surface area contributed by atoms with Crippen molar-refractivity contribution in [2.45, 2.75) is 19.6 Å². The van der Waals surface area contributed by atoms with Crippen molar-refractivity contribution in [3.8, 4) is 0 Å². The average Bonchev–Trinajstić information content (AvgIpc) is 3.82. The molecule has 6 aromatic rings. The molecule has 19 nitrogen and oxygen atoms in total. The van der Waals surface area contributed by atoms with E-state index in [9.17, 15) is 47.3 Å². The summed E-state index contributed by atoms with van der Waals surface area (Å²) in [7, 11) is -18.6. The Labute approximate surface area is 322 Å². The van der Waals surface area contributed by atoms with E-state index >= 15 is 0 Å². The smallest absolute Gasteiger partial charge is 0.282 e. The zero-order valence-corrected chi connectivity index (χ0v) is 32.5. The van der Waals surface area contributed by atoms with Gasteiger partial charge in [0.2, 0.25) is 0 Å². The summed E-state index contributed by atoms with van der Waals surface area (Å²) in [5.41, 5.74) is 1.03. The topological polar surface area (TPSA) is 281 Å². The van der Waals surface area contributed by atoms with Crippen LogP contribution in [0.1, 0.15) is 22.3 Å². The van der Waals surface area contributed by atoms with Gasteiger partial charge in [0.25, 0.3) is 30.4 Å². The summed E-state index contributed by atoms with van der Waals surface area (Å²) in [6, 6.07) is 15.4. The van der Waals surface area contributed by atoms with Crippen molar-refractivity contribution in [1.82, 2.24) is 8.68 Å². The van der Waals surface area contributed by atoms with Crippen molar-refractivity contribution in [2.24, 2.45) is 30.0 Å². The highest BCUT2D eigenvalue weighted by molar-refractivity contribution is 7.90. The van der Waals surface area contributed by atoms with Gasteiger partial charge in [-0.05, 0) is 72.8 Å². The van der Waals surface area contributed by atoms with E-state index < -0.39 is 63.8 Å². The lowest BCUT2D eigenvalue weighted by Gasteiger charge is -2.12. The highest BCUT2D eigenvalue weighted by atomic mass is 32.2. The lowest BCUT2D eigenvalue weighted by Crippen LogP contribution is -2.25. The molecule has 2 aromatic heterocycles. The van der Waals surface area contributed by atoms with Crippen LogP contribution < -0.4 is 11.0 Å². The van der Waals surface area contributed by atoms with Gasteiger partial charge >= 0.3 is 0 Å². The van der Waals surface area contributed by atoms with Gasteiger partial charge in [-0.15, -0.1) is 0 Å². The summed E-state index contributed by atoms with van der Waals surface area (Å²) in [4.78, 5) is 27.4. The Bertz CT molecular complexity index is 3720. The van der Waals surface area contributed by atoms with Gasteiger partial charge in [-0.25, -0.2) is 38.4 Å². The van der Waals surface area contributed by atoms with Gasteiger partial charge in [-0.3, -0.25) is 22.3 Å². The molecule has 0 saturated carbocycles. The zero-order chi connectivity index (χ0) is 40.1. The molecule has 57 heavy (non-hydrogen) atoms. The zero-order valence-electron chi connectivity index (χ0n) is 28.2. The normalized spacial score (nSPS) is 19.3. The lowest BCUT2D eigenvalue weighted by atomic mass is 10.1. The number of sulfone groups is 1. The van der Waals surface area contributed by atoms with Gasteiger partial charge < -0.3 is 0 Å². The summed E-state index contributed by atoms with van der Waals surface area (Å²) in [6.45, 7) is 0. The molecule has 0 amide bonds. The van der Waals surface area contributed by atoms with Crippen molar-refractivity contribution >= 4 is 106 Å². The molecule has 6 heterocycles. The molecule has 6 bridgehead atoms. The third-order valence-electron chi connectivity index (χ3n) is 9.53. The number of nitrogens with zero attached hydrogens (tertiary/aromatic N) is 8. The summed E-state index contributed by atoms with van der Waals surface area (Å²) < 4.78 is 133. The van der Waals surface area contributed by atoms with Crippen LogP contribution in [0.25, 0.3) is 21.5 Å². The maximum Gasteiger partial charge on any atom is 0.294 e. The summed E-state index contributed by atoms with van der Waals surface area (Å²) >= 11 is 0. The number of fused-ring (bicyclic) bond motifs is 14. The lowest BCUT2D eigenvalue weighted by molar-refractivity contribution is 0.481. The van der Waals surface area contributed by atoms with Gasteiger partial charge in [-0.1, -0.05) is 0 Å². The third-order valence-corrected chi connectivity index (χ3v) is 14.4. The van der Waals surface area contributed by atoms with Crippen LogP contribution in [0.5, 0.6) is 0 Å². The molecule has 4 aliphatic rings. The van der Waals surface area contributed by atoms with Crippen LogP contribution in [0.4, 0.5) is 11.6 Å². The standard InChI is InChI=1S/C33H19N8O11PS4/c1-54(42,43)14-2-8-20-24(10-14)32-38-28-22-11-15(55(44,45)46)3-6-18(22)27(34-28)37-31-21-9-5-17(57(50,51)52)13-25(21)33-39-29-23-12-16(56(47,48)49)4-7-19(23)26(35-29)36-30(20)40(32)53-41(31)33/h2-13,53H,1H3,(H,44,45,46)(H,47,48,49)(H,50,51,52)/b36-26-,36-30?,37-27?,37-31-,38-28-,38-32?,39-29?,39-33-. The van der Waals surface area contributed by atoms with Gasteiger partial charge in [0.15, 0.2) is 33.2 Å². The second-order valence-electron chi connectivity index (χ2n) is 13.1. The Balaban J connectivity index is 1.44. The van der Waals surface area contributed by atoms with E-state index in [0.717, 1.165) is 30.5 Å². The Hall–Kier alpha value is -5.65. The second-order valence-corrected chi connectivity index (χ2v) is 20.4. The average molecular weight is 863 g/mol. The van der Waals surface area contributed by atoms with Crippen molar-refractivity contribution < 1.29 is 47.3 Å².